The smallest absolute Gasteiger partial charge is 0.0760 e. The Labute approximate surface area is 256 Å². The first kappa shape index (κ1) is 25.0. The highest BCUT2D eigenvalue weighted by molar-refractivity contribution is 8.00. The van der Waals surface area contributed by atoms with E-state index in [0.717, 1.165) is 0 Å². The lowest BCUT2D eigenvalue weighted by atomic mass is 9.64. The van der Waals surface area contributed by atoms with Crippen LogP contribution in [0.1, 0.15) is 43.0 Å². The van der Waals surface area contributed by atoms with Crippen LogP contribution in [0.25, 0.3) is 49.7 Å². The third kappa shape index (κ3) is 3.30. The fraction of sp³-hybridized carbons (Fsp3) is 0.122. The molecule has 9 rings (SSSR count). The van der Waals surface area contributed by atoms with Crippen molar-refractivity contribution in [2.24, 2.45) is 0 Å². The number of aromatic nitrogens is 1. The van der Waals surface area contributed by atoms with Crippen molar-refractivity contribution in [3.8, 4) is 27.9 Å². The average Bonchev–Trinajstić information content (AvgIpc) is 3.52. The first-order valence-electron chi connectivity index (χ1n) is 15.1. The fourth-order valence-corrected chi connectivity index (χ4v) is 8.90. The van der Waals surface area contributed by atoms with E-state index in [1.807, 2.05) is 11.8 Å². The van der Waals surface area contributed by atoms with Crippen LogP contribution in [0.3, 0.4) is 0 Å². The lowest BCUT2D eigenvalue weighted by Crippen LogP contribution is -2.34. The topological polar surface area (TPSA) is 4.93 Å². The molecule has 0 fully saturated rings. The van der Waals surface area contributed by atoms with Crippen LogP contribution in [0.2, 0.25) is 0 Å². The summed E-state index contributed by atoms with van der Waals surface area (Å²) in [6, 6.07) is 50.2. The molecule has 1 spiro atoms. The molecule has 0 amide bonds. The Bertz CT molecular complexity index is 2250. The van der Waals surface area contributed by atoms with Crippen LogP contribution >= 0.6 is 11.8 Å². The van der Waals surface area contributed by atoms with Gasteiger partial charge in [0.1, 0.15) is 0 Å². The molecule has 0 bridgehead atoms. The van der Waals surface area contributed by atoms with Crippen molar-refractivity contribution in [2.75, 3.05) is 0 Å². The zero-order valence-electron chi connectivity index (χ0n) is 24.6. The van der Waals surface area contributed by atoms with Gasteiger partial charge in [0.2, 0.25) is 0 Å². The molecule has 1 aromatic heterocycles. The van der Waals surface area contributed by atoms with Crippen molar-refractivity contribution in [1.29, 1.82) is 0 Å². The van der Waals surface area contributed by atoms with Crippen LogP contribution in [0.5, 0.6) is 0 Å². The molecule has 43 heavy (non-hydrogen) atoms. The van der Waals surface area contributed by atoms with Gasteiger partial charge in [0.05, 0.1) is 22.1 Å². The van der Waals surface area contributed by atoms with Gasteiger partial charge in [0.15, 0.2) is 0 Å². The van der Waals surface area contributed by atoms with Crippen molar-refractivity contribution in [1.82, 2.24) is 4.57 Å². The third-order valence-electron chi connectivity index (χ3n) is 9.30. The van der Waals surface area contributed by atoms with Crippen molar-refractivity contribution >= 4 is 33.6 Å². The van der Waals surface area contributed by atoms with Gasteiger partial charge in [-0.25, -0.2) is 0 Å². The zero-order valence-corrected chi connectivity index (χ0v) is 25.4. The number of hydrogen-bond acceptors (Lipinski definition) is 1. The number of nitrogens with zero attached hydrogens (tertiary/aromatic N) is 1. The summed E-state index contributed by atoms with van der Waals surface area (Å²) in [6.45, 7) is 6.82. The summed E-state index contributed by atoms with van der Waals surface area (Å²) in [7, 11) is 0. The molecule has 0 radical (unpaired) electrons. The molecule has 6 aromatic carbocycles. The molecular weight excluding hydrogens is 539 g/mol. The Morgan fingerprint density at radius 3 is 2.00 bits per heavy atom. The van der Waals surface area contributed by atoms with Gasteiger partial charge in [-0.05, 0) is 68.8 Å². The van der Waals surface area contributed by atoms with Gasteiger partial charge in [0, 0.05) is 20.4 Å². The van der Waals surface area contributed by atoms with E-state index in [-0.39, 0.29) is 4.75 Å². The van der Waals surface area contributed by atoms with Gasteiger partial charge in [-0.1, -0.05) is 130 Å². The second-order valence-corrected chi connectivity index (χ2v) is 14.7. The summed E-state index contributed by atoms with van der Waals surface area (Å²) in [6.07, 6.45) is 0. The molecule has 1 aliphatic carbocycles. The Balaban J connectivity index is 1.43. The van der Waals surface area contributed by atoms with Gasteiger partial charge < -0.3 is 4.57 Å². The van der Waals surface area contributed by atoms with Crippen molar-refractivity contribution < 1.29 is 0 Å². The van der Waals surface area contributed by atoms with Gasteiger partial charge >= 0.3 is 0 Å². The molecule has 2 aliphatic rings. The van der Waals surface area contributed by atoms with E-state index in [0.29, 0.717) is 0 Å². The Kier molecular flexibility index (Phi) is 5.09. The summed E-state index contributed by atoms with van der Waals surface area (Å²) in [4.78, 5) is 1.30. The molecule has 206 valence electrons. The minimum absolute atomic E-state index is 0.171. The molecule has 0 saturated heterocycles. The summed E-state index contributed by atoms with van der Waals surface area (Å²) >= 11 is 1.92. The largest absolute Gasteiger partial charge is 0.309 e. The summed E-state index contributed by atoms with van der Waals surface area (Å²) in [5, 5.41) is 2.62. The molecule has 7 aromatic rings. The zero-order chi connectivity index (χ0) is 28.9. The second kappa shape index (κ2) is 8.75. The van der Waals surface area contributed by atoms with Crippen molar-refractivity contribution in [3.63, 3.8) is 0 Å². The molecule has 0 saturated carbocycles. The minimum atomic E-state index is -0.443. The number of fused-ring (bicyclic) bond motifs is 12. The van der Waals surface area contributed by atoms with Crippen LogP contribution < -0.4 is 0 Å². The average molecular weight is 570 g/mol. The maximum atomic E-state index is 2.52. The van der Waals surface area contributed by atoms with E-state index < -0.39 is 5.41 Å². The number of para-hydroxylation sites is 3. The molecule has 2 heteroatoms. The SMILES string of the molecule is CC(C)(C)Sc1ccc(-c2cccc3c2C2(c4ccccc4-3)c3ccccc3-n3c4ccccc4c4cccc2c43)cc1. The van der Waals surface area contributed by atoms with E-state index in [2.05, 4.69) is 159 Å². The van der Waals surface area contributed by atoms with Gasteiger partial charge in [-0.2, -0.15) is 0 Å². The standard InChI is InChI=1S/C41H31NS/c1-40(2,3)43-27-24-22-26(23-25-27)28-14-10-15-31-29-12-4-6-17-33(29)41(38(28)31)34-18-7-9-21-37(34)42-36-20-8-5-13-30(36)32-16-11-19-35(41)39(32)42/h4-25H,1-3H3. The minimum Gasteiger partial charge on any atom is -0.309 e. The molecule has 1 aliphatic heterocycles. The number of hydrogen-bond donors (Lipinski definition) is 0. The number of rotatable bonds is 2. The molecule has 0 N–H and O–H groups in total. The highest BCUT2D eigenvalue weighted by Gasteiger charge is 2.51. The lowest BCUT2D eigenvalue weighted by molar-refractivity contribution is 0.750. The Morgan fingerprint density at radius 2 is 1.16 bits per heavy atom. The normalized spacial score (nSPS) is 16.4. The molecule has 1 atom stereocenters. The predicted octanol–water partition coefficient (Wildman–Crippen LogP) is 11.0. The number of benzene rings is 6. The van der Waals surface area contributed by atoms with E-state index >= 15 is 0 Å². The highest BCUT2D eigenvalue weighted by Crippen LogP contribution is 2.62. The van der Waals surface area contributed by atoms with Gasteiger partial charge in [-0.15, -0.1) is 11.8 Å². The van der Waals surface area contributed by atoms with E-state index in [4.69, 9.17) is 0 Å². The van der Waals surface area contributed by atoms with Crippen molar-refractivity contribution in [2.45, 2.75) is 35.8 Å². The maximum absolute atomic E-state index is 2.52. The molecule has 2 heterocycles. The van der Waals surface area contributed by atoms with Gasteiger partial charge in [0.25, 0.3) is 0 Å². The quantitative estimate of drug-likeness (QED) is 0.187. The third-order valence-corrected chi connectivity index (χ3v) is 10.4. The van der Waals surface area contributed by atoms with Crippen LogP contribution in [0.4, 0.5) is 0 Å². The molecular formula is C41H31NS. The van der Waals surface area contributed by atoms with Crippen LogP contribution in [0.15, 0.2) is 138 Å². The Morgan fingerprint density at radius 1 is 0.535 bits per heavy atom. The summed E-state index contributed by atoms with van der Waals surface area (Å²) in [5.74, 6) is 0. The second-order valence-electron chi connectivity index (χ2n) is 12.8. The predicted molar refractivity (Wildman–Crippen MR) is 183 cm³/mol. The first-order valence-corrected chi connectivity index (χ1v) is 15.9. The van der Waals surface area contributed by atoms with Gasteiger partial charge in [-0.3, -0.25) is 0 Å². The van der Waals surface area contributed by atoms with Crippen LogP contribution in [0, 0.1) is 0 Å². The lowest BCUT2D eigenvalue weighted by Gasteiger charge is -2.40. The number of thioether (sulfide) groups is 1. The summed E-state index contributed by atoms with van der Waals surface area (Å²) in [5.41, 5.74) is 14.1. The van der Waals surface area contributed by atoms with Crippen molar-refractivity contribution in [3.05, 3.63) is 156 Å². The molecule has 1 unspecified atom stereocenters. The monoisotopic (exact) mass is 569 g/mol. The van der Waals surface area contributed by atoms with Crippen LogP contribution in [-0.2, 0) is 5.41 Å². The van der Waals surface area contributed by atoms with E-state index in [1.165, 1.54) is 76.9 Å². The van der Waals surface area contributed by atoms with E-state index in [1.54, 1.807) is 0 Å². The maximum Gasteiger partial charge on any atom is 0.0760 e. The Hall–Kier alpha value is -4.53. The fourth-order valence-electron chi connectivity index (χ4n) is 7.92. The highest BCUT2D eigenvalue weighted by atomic mass is 32.2. The van der Waals surface area contributed by atoms with E-state index in [9.17, 15) is 0 Å². The first-order chi connectivity index (χ1) is 21.0. The summed E-state index contributed by atoms with van der Waals surface area (Å²) < 4.78 is 2.69. The molecule has 1 nitrogen and oxygen atoms in total. The van der Waals surface area contributed by atoms with Crippen LogP contribution in [-0.4, -0.2) is 9.31 Å².